The molecular weight excluding hydrogens is 254 g/mol. The van der Waals surface area contributed by atoms with Gasteiger partial charge in [-0.3, -0.25) is 9.36 Å². The van der Waals surface area contributed by atoms with E-state index in [1.54, 1.807) is 41.6 Å². The maximum Gasteiger partial charge on any atom is 0.251 e. The standard InChI is InChI=1S/C14H19N5O/c1-2-4-15-6-7-18-14(20)12-3-5-17-13(10-12)19-9-8-16-11-19/h3,5,8-11,15H,2,4,6-7H2,1H3,(H,18,20). The molecule has 2 aromatic rings. The van der Waals surface area contributed by atoms with Crippen LogP contribution in [0.5, 0.6) is 0 Å². The number of carbonyl (C=O) groups is 1. The summed E-state index contributed by atoms with van der Waals surface area (Å²) in [6.45, 7) is 4.47. The van der Waals surface area contributed by atoms with Crippen LogP contribution >= 0.6 is 0 Å². The Hall–Kier alpha value is -2.21. The van der Waals surface area contributed by atoms with E-state index < -0.39 is 0 Å². The third kappa shape index (κ3) is 3.89. The SMILES string of the molecule is CCCNCCNC(=O)c1ccnc(-n2ccnc2)c1. The Morgan fingerprint density at radius 1 is 1.30 bits per heavy atom. The van der Waals surface area contributed by atoms with Crippen molar-refractivity contribution < 1.29 is 4.79 Å². The fourth-order valence-corrected chi connectivity index (χ4v) is 1.76. The molecule has 0 unspecified atom stereocenters. The first-order valence-electron chi connectivity index (χ1n) is 6.74. The van der Waals surface area contributed by atoms with Crippen LogP contribution in [0, 0.1) is 0 Å². The molecule has 2 aromatic heterocycles. The molecule has 0 aliphatic rings. The number of nitrogens with one attached hydrogen (secondary N) is 2. The first-order valence-corrected chi connectivity index (χ1v) is 6.74. The number of carbonyl (C=O) groups excluding carboxylic acids is 1. The van der Waals surface area contributed by atoms with Gasteiger partial charge in [0.2, 0.25) is 0 Å². The van der Waals surface area contributed by atoms with Crippen molar-refractivity contribution in [2.24, 2.45) is 0 Å². The normalized spacial score (nSPS) is 10.4. The minimum Gasteiger partial charge on any atom is -0.351 e. The summed E-state index contributed by atoms with van der Waals surface area (Å²) in [6.07, 6.45) is 7.83. The van der Waals surface area contributed by atoms with Crippen molar-refractivity contribution in [3.05, 3.63) is 42.6 Å². The van der Waals surface area contributed by atoms with E-state index in [1.165, 1.54) is 0 Å². The zero-order valence-corrected chi connectivity index (χ0v) is 11.5. The predicted octanol–water partition coefficient (Wildman–Crippen LogP) is 0.997. The van der Waals surface area contributed by atoms with Crippen LogP contribution in [0.1, 0.15) is 23.7 Å². The van der Waals surface area contributed by atoms with E-state index in [2.05, 4.69) is 27.5 Å². The topological polar surface area (TPSA) is 71.8 Å². The molecular formula is C14H19N5O. The second kappa shape index (κ2) is 7.40. The molecule has 0 saturated carbocycles. The lowest BCUT2D eigenvalue weighted by atomic mass is 10.2. The number of nitrogens with zero attached hydrogens (tertiary/aromatic N) is 3. The van der Waals surface area contributed by atoms with Crippen molar-refractivity contribution >= 4 is 5.91 Å². The number of hydrogen-bond acceptors (Lipinski definition) is 4. The van der Waals surface area contributed by atoms with Gasteiger partial charge in [0.05, 0.1) is 0 Å². The molecule has 0 spiro atoms. The molecule has 20 heavy (non-hydrogen) atoms. The molecule has 2 N–H and O–H groups in total. The van der Waals surface area contributed by atoms with E-state index >= 15 is 0 Å². The molecule has 106 valence electrons. The van der Waals surface area contributed by atoms with Gasteiger partial charge in [-0.15, -0.1) is 0 Å². The van der Waals surface area contributed by atoms with E-state index in [9.17, 15) is 4.79 Å². The van der Waals surface area contributed by atoms with Gasteiger partial charge in [0, 0.05) is 37.2 Å². The summed E-state index contributed by atoms with van der Waals surface area (Å²) in [4.78, 5) is 20.2. The van der Waals surface area contributed by atoms with Gasteiger partial charge in [0.25, 0.3) is 5.91 Å². The summed E-state index contributed by atoms with van der Waals surface area (Å²) >= 11 is 0. The predicted molar refractivity (Wildman–Crippen MR) is 76.9 cm³/mol. The molecule has 2 heterocycles. The highest BCUT2D eigenvalue weighted by molar-refractivity contribution is 5.94. The van der Waals surface area contributed by atoms with Crippen LogP contribution in [0.25, 0.3) is 5.82 Å². The van der Waals surface area contributed by atoms with Gasteiger partial charge in [0.15, 0.2) is 0 Å². The van der Waals surface area contributed by atoms with Crippen LogP contribution in [0.2, 0.25) is 0 Å². The molecule has 0 atom stereocenters. The number of hydrogen-bond donors (Lipinski definition) is 2. The van der Waals surface area contributed by atoms with Crippen molar-refractivity contribution in [3.63, 3.8) is 0 Å². The Bertz CT molecular complexity index is 538. The number of amides is 1. The lowest BCUT2D eigenvalue weighted by Crippen LogP contribution is -2.32. The highest BCUT2D eigenvalue weighted by Gasteiger charge is 2.06. The number of aromatic nitrogens is 3. The Balaban J connectivity index is 1.92. The summed E-state index contributed by atoms with van der Waals surface area (Å²) in [6, 6.07) is 3.45. The first kappa shape index (κ1) is 14.2. The molecule has 6 heteroatoms. The smallest absolute Gasteiger partial charge is 0.251 e. The van der Waals surface area contributed by atoms with Crippen molar-refractivity contribution in [1.82, 2.24) is 25.2 Å². The average Bonchev–Trinajstić information content (AvgIpc) is 3.01. The van der Waals surface area contributed by atoms with Crippen LogP contribution in [-0.4, -0.2) is 40.1 Å². The van der Waals surface area contributed by atoms with Gasteiger partial charge < -0.3 is 10.6 Å². The quantitative estimate of drug-likeness (QED) is 0.738. The fourth-order valence-electron chi connectivity index (χ4n) is 1.76. The van der Waals surface area contributed by atoms with Gasteiger partial charge in [-0.1, -0.05) is 6.92 Å². The van der Waals surface area contributed by atoms with Crippen LogP contribution in [0.4, 0.5) is 0 Å². The fraction of sp³-hybridized carbons (Fsp3) is 0.357. The maximum absolute atomic E-state index is 12.0. The minimum atomic E-state index is -0.0907. The van der Waals surface area contributed by atoms with E-state index in [0.29, 0.717) is 17.9 Å². The maximum atomic E-state index is 12.0. The summed E-state index contributed by atoms with van der Waals surface area (Å²) in [5, 5.41) is 6.11. The van der Waals surface area contributed by atoms with Crippen molar-refractivity contribution in [1.29, 1.82) is 0 Å². The van der Waals surface area contributed by atoms with Gasteiger partial charge >= 0.3 is 0 Å². The van der Waals surface area contributed by atoms with Crippen LogP contribution in [0.3, 0.4) is 0 Å². The molecule has 0 radical (unpaired) electrons. The third-order valence-electron chi connectivity index (χ3n) is 2.79. The van der Waals surface area contributed by atoms with Crippen LogP contribution < -0.4 is 10.6 Å². The van der Waals surface area contributed by atoms with E-state index in [0.717, 1.165) is 19.5 Å². The van der Waals surface area contributed by atoms with Crippen molar-refractivity contribution in [2.75, 3.05) is 19.6 Å². The summed E-state index contributed by atoms with van der Waals surface area (Å²) in [7, 11) is 0. The zero-order valence-electron chi connectivity index (χ0n) is 11.5. The first-order chi connectivity index (χ1) is 9.81. The van der Waals surface area contributed by atoms with Crippen molar-refractivity contribution in [3.8, 4) is 5.82 Å². The highest BCUT2D eigenvalue weighted by atomic mass is 16.1. The minimum absolute atomic E-state index is 0.0907. The second-order valence-corrected chi connectivity index (χ2v) is 4.38. The Kier molecular flexibility index (Phi) is 5.25. The lowest BCUT2D eigenvalue weighted by molar-refractivity contribution is 0.0954. The van der Waals surface area contributed by atoms with Gasteiger partial charge in [-0.2, -0.15) is 0 Å². The Morgan fingerprint density at radius 2 is 2.20 bits per heavy atom. The monoisotopic (exact) mass is 273 g/mol. The molecule has 0 saturated heterocycles. The lowest BCUT2D eigenvalue weighted by Gasteiger charge is -2.07. The molecule has 6 nitrogen and oxygen atoms in total. The average molecular weight is 273 g/mol. The molecule has 0 aliphatic carbocycles. The number of imidazole rings is 1. The summed E-state index contributed by atoms with van der Waals surface area (Å²) in [5.74, 6) is 0.589. The van der Waals surface area contributed by atoms with Gasteiger partial charge in [-0.25, -0.2) is 9.97 Å². The molecule has 0 aliphatic heterocycles. The largest absolute Gasteiger partial charge is 0.351 e. The van der Waals surface area contributed by atoms with Gasteiger partial charge in [-0.05, 0) is 25.1 Å². The van der Waals surface area contributed by atoms with E-state index in [-0.39, 0.29) is 5.91 Å². The number of rotatable bonds is 7. The molecule has 0 aromatic carbocycles. The van der Waals surface area contributed by atoms with Crippen LogP contribution in [0.15, 0.2) is 37.1 Å². The second-order valence-electron chi connectivity index (χ2n) is 4.38. The molecule has 2 rings (SSSR count). The highest BCUT2D eigenvalue weighted by Crippen LogP contribution is 2.06. The Labute approximate surface area is 118 Å². The van der Waals surface area contributed by atoms with E-state index in [4.69, 9.17) is 0 Å². The van der Waals surface area contributed by atoms with Crippen molar-refractivity contribution in [2.45, 2.75) is 13.3 Å². The molecule has 1 amide bonds. The number of pyridine rings is 1. The molecule has 0 bridgehead atoms. The zero-order chi connectivity index (χ0) is 14.2. The van der Waals surface area contributed by atoms with Gasteiger partial charge in [0.1, 0.15) is 12.1 Å². The third-order valence-corrected chi connectivity index (χ3v) is 2.79. The molecule has 0 fully saturated rings. The summed E-state index contributed by atoms with van der Waals surface area (Å²) in [5.41, 5.74) is 0.596. The van der Waals surface area contributed by atoms with E-state index in [1.807, 2.05) is 0 Å². The Morgan fingerprint density at radius 3 is 2.95 bits per heavy atom. The van der Waals surface area contributed by atoms with Crippen LogP contribution in [-0.2, 0) is 0 Å². The summed E-state index contributed by atoms with van der Waals surface area (Å²) < 4.78 is 1.76.